The van der Waals surface area contributed by atoms with E-state index >= 15 is 0 Å². The summed E-state index contributed by atoms with van der Waals surface area (Å²) in [6.07, 6.45) is 19.3. The van der Waals surface area contributed by atoms with Crippen LogP contribution in [0.1, 0.15) is 111 Å². The molecule has 14 rings (SSSR count). The van der Waals surface area contributed by atoms with Gasteiger partial charge in [0.15, 0.2) is 11.5 Å². The van der Waals surface area contributed by atoms with Crippen LogP contribution in [0.25, 0.3) is 0 Å². The number of phenolic OH excluding ortho intramolecular Hbond substituents is 1. The molecule has 6 saturated carbocycles. The first-order chi connectivity index (χ1) is 29.3. The average molecular weight is 869 g/mol. The van der Waals surface area contributed by atoms with Crippen LogP contribution in [0.15, 0.2) is 30.3 Å². The number of nitrogens with zero attached hydrogens (tertiary/aromatic N) is 2. The Kier molecular flexibility index (Phi) is 12.3. The summed E-state index contributed by atoms with van der Waals surface area (Å²) in [5.74, 6) is 7.77. The predicted octanol–water partition coefficient (Wildman–Crippen LogP) is 2.68. The number of hydrogen-bond acceptors (Lipinski definition) is 9. The third-order valence-electron chi connectivity index (χ3n) is 20.0. The molecule has 4 aliphatic heterocycles. The third kappa shape index (κ3) is 6.31. The van der Waals surface area contributed by atoms with E-state index in [0.29, 0.717) is 47.7 Å². The number of aromatic hydroxyl groups is 1. The standard InChI is InChI=1S/C26H36N2O2.C23H30N2O.C2H8N2.Ca.Li.3H/c1-3-30-24-20(29-2)7-6-17-12-21-25-9-8-19-22(18(13-25)14-27-19)26(25,23(17)24)10-11-28(21)15-16-4-5-16;26-17-4-3-15-9-20-22-6-5-19-21(16(11-22)12-24-19)23(22,18(15)10-17)7-8-25(20)13-14-1-2-14;3-1-2-4;;;;;/h6-7,16,18-19,21-22,27H,3-5,8-15H2,1-2H3;3-4,10,14,16,19-21,24,26H,1-2,5-9,11-13H2;1-4H2;;;;;/q;;;+2;+1;3*-1. The first-order valence-electron chi connectivity index (χ1n) is 24.8. The number of nitrogens with two attached hydrogens (primary N) is 2. The SMILES string of the molecule is CCOc1c(OC)ccc2c1C13CCN(CC4CC4)C(C2)C12CCC1NCC(C2)C13.NCCN.Oc1ccc2c(c1)C13CCN(CC4CC4)C(C2)C12CCC1NCC(C2)C13.[Ca+2].[H-].[H-].[H-].[Li+]. The molecule has 11 heteroatoms. The van der Waals surface area contributed by atoms with Gasteiger partial charge >= 0.3 is 56.6 Å². The third-order valence-corrected chi connectivity index (χ3v) is 20.0. The zero-order valence-corrected chi connectivity index (χ0v) is 40.7. The summed E-state index contributed by atoms with van der Waals surface area (Å²) in [7, 11) is 1.81. The molecule has 8 bridgehead atoms. The van der Waals surface area contributed by atoms with Crippen molar-refractivity contribution in [3.63, 3.8) is 0 Å². The van der Waals surface area contributed by atoms with Crippen LogP contribution < -0.4 is 50.4 Å². The average Bonchev–Trinajstić information content (AvgIpc) is 4.14. The minimum absolute atomic E-state index is 0. The summed E-state index contributed by atoms with van der Waals surface area (Å²) >= 11 is 0. The Bertz CT molecular complexity index is 2020. The Hall–Kier alpha value is -0.543. The van der Waals surface area contributed by atoms with Crippen molar-refractivity contribution in [1.29, 1.82) is 0 Å². The van der Waals surface area contributed by atoms with Crippen LogP contribution in [-0.4, -0.2) is 143 Å². The molecule has 9 nitrogen and oxygen atoms in total. The van der Waals surface area contributed by atoms with Crippen molar-refractivity contribution in [2.45, 2.75) is 132 Å². The van der Waals surface area contributed by atoms with Gasteiger partial charge < -0.3 is 41.0 Å². The van der Waals surface area contributed by atoms with E-state index in [1.54, 1.807) is 22.3 Å². The maximum atomic E-state index is 10.4. The van der Waals surface area contributed by atoms with Gasteiger partial charge in [-0.1, -0.05) is 12.1 Å². The number of fused-ring (bicyclic) bond motifs is 2. The van der Waals surface area contributed by atoms with Crippen molar-refractivity contribution in [3.8, 4) is 17.2 Å². The number of hydrogen-bond donors (Lipinski definition) is 5. The van der Waals surface area contributed by atoms with E-state index in [1.165, 1.54) is 129 Å². The van der Waals surface area contributed by atoms with Gasteiger partial charge in [0.2, 0.25) is 0 Å². The molecule has 10 fully saturated rings. The summed E-state index contributed by atoms with van der Waals surface area (Å²) in [6.45, 7) is 11.8. The van der Waals surface area contributed by atoms with Gasteiger partial charge in [-0.05, 0) is 204 Å². The number of rotatable bonds is 8. The second-order valence-corrected chi connectivity index (χ2v) is 22.1. The van der Waals surface area contributed by atoms with Crippen molar-refractivity contribution < 1.29 is 37.7 Å². The maximum Gasteiger partial charge on any atom is 2.00 e. The van der Waals surface area contributed by atoms with E-state index in [1.807, 2.05) is 13.2 Å². The number of likely N-dealkylation sites (tertiary alicyclic amines) is 2. The topological polar surface area (TPSA) is 121 Å². The maximum absolute atomic E-state index is 10.4. The second kappa shape index (κ2) is 16.9. The van der Waals surface area contributed by atoms with E-state index in [4.69, 9.17) is 20.9 Å². The smallest absolute Gasteiger partial charge is 1.00 e. The molecule has 12 atom stereocenters. The fraction of sp³-hybridized carbons (Fsp3) is 0.765. The summed E-state index contributed by atoms with van der Waals surface area (Å²) < 4.78 is 12.3. The molecular formula is C51H77CaLiN6O3. The Morgan fingerprint density at radius 2 is 1.31 bits per heavy atom. The van der Waals surface area contributed by atoms with Crippen LogP contribution in [0.2, 0.25) is 0 Å². The largest absolute Gasteiger partial charge is 2.00 e. The first-order valence-corrected chi connectivity index (χ1v) is 24.8. The van der Waals surface area contributed by atoms with Gasteiger partial charge in [-0.3, -0.25) is 9.80 Å². The van der Waals surface area contributed by atoms with Crippen LogP contribution in [0.5, 0.6) is 17.2 Å². The number of benzene rings is 2. The van der Waals surface area contributed by atoms with Crippen molar-refractivity contribution in [1.82, 2.24) is 20.4 Å². The van der Waals surface area contributed by atoms with E-state index in [9.17, 15) is 5.11 Å². The molecule has 332 valence electrons. The monoisotopic (exact) mass is 869 g/mol. The van der Waals surface area contributed by atoms with E-state index in [2.05, 4.69) is 51.6 Å². The Morgan fingerprint density at radius 3 is 1.87 bits per heavy atom. The Balaban J connectivity index is 0.000000168. The van der Waals surface area contributed by atoms with E-state index < -0.39 is 0 Å². The van der Waals surface area contributed by atoms with Gasteiger partial charge in [-0.15, -0.1) is 0 Å². The van der Waals surface area contributed by atoms with E-state index in [0.717, 1.165) is 65.1 Å². The zero-order chi connectivity index (χ0) is 40.6. The molecule has 4 heterocycles. The molecular weight excluding hydrogens is 792 g/mol. The van der Waals surface area contributed by atoms with Crippen LogP contribution >= 0.6 is 0 Å². The molecule has 4 saturated heterocycles. The molecule has 12 unspecified atom stereocenters. The van der Waals surface area contributed by atoms with Crippen molar-refractivity contribution >= 4 is 37.7 Å². The van der Waals surface area contributed by atoms with Gasteiger partial charge in [0, 0.05) is 66.7 Å². The van der Waals surface area contributed by atoms with Crippen molar-refractivity contribution in [2.24, 2.45) is 57.8 Å². The van der Waals surface area contributed by atoms with Crippen LogP contribution in [-0.2, 0) is 23.7 Å². The van der Waals surface area contributed by atoms with Crippen molar-refractivity contribution in [2.75, 3.05) is 66.1 Å². The molecule has 2 aromatic rings. The molecule has 62 heavy (non-hydrogen) atoms. The molecule has 0 aromatic heterocycles. The number of ether oxygens (including phenoxy) is 2. The summed E-state index contributed by atoms with van der Waals surface area (Å²) in [6, 6.07) is 13.9. The number of methoxy groups -OCH3 is 1. The fourth-order valence-electron chi connectivity index (χ4n) is 18.1. The summed E-state index contributed by atoms with van der Waals surface area (Å²) in [5, 5.41) is 18.2. The molecule has 0 radical (unpaired) electrons. The second-order valence-electron chi connectivity index (χ2n) is 22.1. The Morgan fingerprint density at radius 1 is 0.758 bits per heavy atom. The van der Waals surface area contributed by atoms with Crippen LogP contribution in [0.4, 0.5) is 0 Å². The van der Waals surface area contributed by atoms with Gasteiger partial charge in [0.25, 0.3) is 0 Å². The Labute approximate surface area is 418 Å². The van der Waals surface area contributed by atoms with Gasteiger partial charge in [-0.25, -0.2) is 0 Å². The normalized spacial score (nSPS) is 41.7. The minimum Gasteiger partial charge on any atom is -1.00 e. The number of phenols is 1. The molecule has 7 N–H and O–H groups in total. The quantitative estimate of drug-likeness (QED) is 0.256. The predicted molar refractivity (Wildman–Crippen MR) is 246 cm³/mol. The zero-order valence-electron chi connectivity index (χ0n) is 41.4. The number of nitrogens with one attached hydrogen (secondary N) is 2. The van der Waals surface area contributed by atoms with Crippen molar-refractivity contribution in [3.05, 3.63) is 52.6 Å². The summed E-state index contributed by atoms with van der Waals surface area (Å²) in [4.78, 5) is 5.89. The number of piperidine rings is 2. The fourth-order valence-corrected chi connectivity index (χ4v) is 18.1. The van der Waals surface area contributed by atoms with Gasteiger partial charge in [0.05, 0.1) is 13.7 Å². The van der Waals surface area contributed by atoms with Crippen LogP contribution in [0, 0.1) is 46.3 Å². The molecule has 0 amide bonds. The van der Waals surface area contributed by atoms with Gasteiger partial charge in [0.1, 0.15) is 5.75 Å². The van der Waals surface area contributed by atoms with Gasteiger partial charge in [-0.2, -0.15) is 0 Å². The summed E-state index contributed by atoms with van der Waals surface area (Å²) in [5.41, 5.74) is 17.6. The molecule has 8 aliphatic carbocycles. The minimum atomic E-state index is 0. The van der Waals surface area contributed by atoms with E-state index in [-0.39, 0.29) is 66.3 Å². The van der Waals surface area contributed by atoms with Crippen LogP contribution in [0.3, 0.4) is 0 Å². The molecule has 12 aliphatic rings. The molecule has 2 aromatic carbocycles. The first kappa shape index (κ1) is 45.2. The molecule has 0 spiro atoms.